The standard InChI is InChI=1S/C15H30N2O3S/c16-9-4-12-20-15-7-10-17(11-8-15)21(18,19)13-14-5-2-1-3-6-14/h14-15H,1-13,16H2. The molecule has 1 heterocycles. The smallest absolute Gasteiger partial charge is 0.214 e. The summed E-state index contributed by atoms with van der Waals surface area (Å²) < 4.78 is 32.4. The molecule has 0 amide bonds. The van der Waals surface area contributed by atoms with Crippen LogP contribution in [0.3, 0.4) is 0 Å². The molecule has 1 aliphatic carbocycles. The zero-order chi connectivity index (χ0) is 15.1. The average molecular weight is 318 g/mol. The molecule has 0 atom stereocenters. The van der Waals surface area contributed by atoms with Crippen molar-refractivity contribution < 1.29 is 13.2 Å². The van der Waals surface area contributed by atoms with Gasteiger partial charge in [-0.3, -0.25) is 0 Å². The summed E-state index contributed by atoms with van der Waals surface area (Å²) in [5, 5.41) is 0. The van der Waals surface area contributed by atoms with Gasteiger partial charge in [-0.2, -0.15) is 0 Å². The van der Waals surface area contributed by atoms with Crippen molar-refractivity contribution in [2.45, 2.75) is 57.5 Å². The van der Waals surface area contributed by atoms with Gasteiger partial charge in [-0.25, -0.2) is 12.7 Å². The Balaban J connectivity index is 1.74. The third kappa shape index (κ3) is 5.51. The first-order chi connectivity index (χ1) is 10.1. The van der Waals surface area contributed by atoms with Crippen molar-refractivity contribution in [1.29, 1.82) is 0 Å². The number of nitrogens with zero attached hydrogens (tertiary/aromatic N) is 1. The molecule has 2 fully saturated rings. The lowest BCUT2D eigenvalue weighted by molar-refractivity contribution is 0.0208. The van der Waals surface area contributed by atoms with Crippen LogP contribution in [0.2, 0.25) is 0 Å². The summed E-state index contributed by atoms with van der Waals surface area (Å²) in [6, 6.07) is 0. The summed E-state index contributed by atoms with van der Waals surface area (Å²) in [4.78, 5) is 0. The first-order valence-electron chi connectivity index (χ1n) is 8.41. The zero-order valence-electron chi connectivity index (χ0n) is 13.0. The highest BCUT2D eigenvalue weighted by Gasteiger charge is 2.30. The minimum absolute atomic E-state index is 0.206. The third-order valence-electron chi connectivity index (χ3n) is 4.67. The van der Waals surface area contributed by atoms with Crippen LogP contribution in [0.25, 0.3) is 0 Å². The second kappa shape index (κ2) is 8.46. The Morgan fingerprint density at radius 2 is 1.71 bits per heavy atom. The van der Waals surface area contributed by atoms with Gasteiger partial charge < -0.3 is 10.5 Å². The minimum Gasteiger partial charge on any atom is -0.378 e. The lowest BCUT2D eigenvalue weighted by atomic mass is 9.91. The van der Waals surface area contributed by atoms with Crippen molar-refractivity contribution in [2.24, 2.45) is 11.7 Å². The lowest BCUT2D eigenvalue weighted by Gasteiger charge is -2.32. The highest BCUT2D eigenvalue weighted by Crippen LogP contribution is 2.27. The Bertz CT molecular complexity index is 386. The number of ether oxygens (including phenoxy) is 1. The van der Waals surface area contributed by atoms with Gasteiger partial charge in [-0.05, 0) is 44.6 Å². The van der Waals surface area contributed by atoms with Crippen molar-refractivity contribution in [3.63, 3.8) is 0 Å². The number of sulfonamides is 1. The Hall–Kier alpha value is -0.170. The molecule has 2 aliphatic rings. The summed E-state index contributed by atoms with van der Waals surface area (Å²) in [7, 11) is -3.07. The lowest BCUT2D eigenvalue weighted by Crippen LogP contribution is -2.43. The monoisotopic (exact) mass is 318 g/mol. The molecular weight excluding hydrogens is 288 g/mol. The maximum absolute atomic E-state index is 12.5. The molecule has 0 bridgehead atoms. The predicted octanol–water partition coefficient (Wildman–Crippen LogP) is 1.73. The van der Waals surface area contributed by atoms with E-state index in [1.807, 2.05) is 0 Å². The number of nitrogens with two attached hydrogens (primary N) is 1. The van der Waals surface area contributed by atoms with Crippen LogP contribution in [0, 0.1) is 5.92 Å². The van der Waals surface area contributed by atoms with Crippen LogP contribution in [-0.2, 0) is 14.8 Å². The molecule has 21 heavy (non-hydrogen) atoms. The summed E-state index contributed by atoms with van der Waals surface area (Å²) in [6.07, 6.45) is 8.52. The van der Waals surface area contributed by atoms with Gasteiger partial charge in [0.25, 0.3) is 0 Å². The number of hydrogen-bond acceptors (Lipinski definition) is 4. The molecule has 0 spiro atoms. The minimum atomic E-state index is -3.07. The highest BCUT2D eigenvalue weighted by atomic mass is 32.2. The molecule has 2 N–H and O–H groups in total. The van der Waals surface area contributed by atoms with E-state index >= 15 is 0 Å². The van der Waals surface area contributed by atoms with E-state index in [1.165, 1.54) is 19.3 Å². The molecule has 0 aromatic rings. The van der Waals surface area contributed by atoms with E-state index in [1.54, 1.807) is 4.31 Å². The molecule has 0 radical (unpaired) electrons. The van der Waals surface area contributed by atoms with Crippen LogP contribution in [0.15, 0.2) is 0 Å². The van der Waals surface area contributed by atoms with Crippen molar-refractivity contribution in [1.82, 2.24) is 4.31 Å². The zero-order valence-corrected chi connectivity index (χ0v) is 13.8. The fourth-order valence-electron chi connectivity index (χ4n) is 3.37. The van der Waals surface area contributed by atoms with Crippen LogP contribution in [-0.4, -0.2) is 50.8 Å². The van der Waals surface area contributed by atoms with Crippen molar-refractivity contribution >= 4 is 10.0 Å². The summed E-state index contributed by atoms with van der Waals surface area (Å²) >= 11 is 0. The molecule has 0 unspecified atom stereocenters. The van der Waals surface area contributed by atoms with E-state index in [0.29, 0.717) is 37.9 Å². The maximum Gasteiger partial charge on any atom is 0.214 e. The van der Waals surface area contributed by atoms with Crippen molar-refractivity contribution in [2.75, 3.05) is 32.0 Å². The van der Waals surface area contributed by atoms with Crippen LogP contribution in [0.1, 0.15) is 51.4 Å². The Labute approximate surface area is 129 Å². The molecule has 124 valence electrons. The normalized spacial score (nSPS) is 23.5. The quantitative estimate of drug-likeness (QED) is 0.726. The van der Waals surface area contributed by atoms with Gasteiger partial charge in [0, 0.05) is 19.7 Å². The first kappa shape index (κ1) is 17.2. The van der Waals surface area contributed by atoms with Crippen LogP contribution >= 0.6 is 0 Å². The van der Waals surface area contributed by atoms with E-state index in [4.69, 9.17) is 10.5 Å². The Morgan fingerprint density at radius 3 is 2.33 bits per heavy atom. The molecule has 6 heteroatoms. The summed E-state index contributed by atoms with van der Waals surface area (Å²) in [6.45, 7) is 2.56. The number of rotatable bonds is 7. The van der Waals surface area contributed by atoms with Gasteiger partial charge >= 0.3 is 0 Å². The highest BCUT2D eigenvalue weighted by molar-refractivity contribution is 7.89. The molecule has 0 aromatic heterocycles. The van der Waals surface area contributed by atoms with Gasteiger partial charge in [0.15, 0.2) is 0 Å². The van der Waals surface area contributed by atoms with Gasteiger partial charge in [0.1, 0.15) is 0 Å². The van der Waals surface area contributed by atoms with E-state index in [0.717, 1.165) is 32.1 Å². The molecule has 5 nitrogen and oxygen atoms in total. The van der Waals surface area contributed by atoms with Crippen LogP contribution in [0.4, 0.5) is 0 Å². The van der Waals surface area contributed by atoms with E-state index in [2.05, 4.69) is 0 Å². The van der Waals surface area contributed by atoms with Crippen LogP contribution in [0.5, 0.6) is 0 Å². The SMILES string of the molecule is NCCCOC1CCN(S(=O)(=O)CC2CCCCC2)CC1. The summed E-state index contributed by atoms with van der Waals surface area (Å²) in [5.74, 6) is 0.730. The van der Waals surface area contributed by atoms with E-state index in [-0.39, 0.29) is 6.10 Å². The molecule has 0 aromatic carbocycles. The first-order valence-corrected chi connectivity index (χ1v) is 10.0. The Kier molecular flexibility index (Phi) is 6.92. The molecule has 1 aliphatic heterocycles. The maximum atomic E-state index is 12.5. The van der Waals surface area contributed by atoms with E-state index in [9.17, 15) is 8.42 Å². The summed E-state index contributed by atoms with van der Waals surface area (Å²) in [5.41, 5.74) is 5.44. The molecule has 1 saturated heterocycles. The Morgan fingerprint density at radius 1 is 1.05 bits per heavy atom. The largest absolute Gasteiger partial charge is 0.378 e. The third-order valence-corrected chi connectivity index (χ3v) is 6.71. The second-order valence-corrected chi connectivity index (χ2v) is 8.41. The van der Waals surface area contributed by atoms with E-state index < -0.39 is 10.0 Å². The molecule has 1 saturated carbocycles. The van der Waals surface area contributed by atoms with Gasteiger partial charge in [0.05, 0.1) is 11.9 Å². The second-order valence-electron chi connectivity index (χ2n) is 6.39. The molecule has 2 rings (SSSR count). The number of piperidine rings is 1. The van der Waals surface area contributed by atoms with Crippen LogP contribution < -0.4 is 5.73 Å². The van der Waals surface area contributed by atoms with Gasteiger partial charge in [0.2, 0.25) is 10.0 Å². The predicted molar refractivity (Wildman–Crippen MR) is 84.6 cm³/mol. The molecular formula is C15H30N2O3S. The fourth-order valence-corrected chi connectivity index (χ4v) is 5.27. The van der Waals surface area contributed by atoms with Crippen molar-refractivity contribution in [3.05, 3.63) is 0 Å². The van der Waals surface area contributed by atoms with Crippen molar-refractivity contribution in [3.8, 4) is 0 Å². The fraction of sp³-hybridized carbons (Fsp3) is 1.00. The number of hydrogen-bond donors (Lipinski definition) is 1. The van der Waals surface area contributed by atoms with Gasteiger partial charge in [-0.1, -0.05) is 19.3 Å². The average Bonchev–Trinajstić information content (AvgIpc) is 2.49. The topological polar surface area (TPSA) is 72.6 Å². The van der Waals surface area contributed by atoms with Gasteiger partial charge in [-0.15, -0.1) is 0 Å².